The van der Waals surface area contributed by atoms with Crippen molar-refractivity contribution in [2.24, 2.45) is 0 Å². The maximum Gasteiger partial charge on any atom is 0.220 e. The zero-order valence-electron chi connectivity index (χ0n) is 8.09. The Morgan fingerprint density at radius 3 is 2.93 bits per heavy atom. The third kappa shape index (κ3) is 2.56. The van der Waals surface area contributed by atoms with Gasteiger partial charge < -0.3 is 5.32 Å². The fourth-order valence-corrected chi connectivity index (χ4v) is 2.30. The van der Waals surface area contributed by atoms with Gasteiger partial charge in [-0.05, 0) is 30.5 Å². The first-order valence-electron chi connectivity index (χ1n) is 4.88. The van der Waals surface area contributed by atoms with Gasteiger partial charge in [0.1, 0.15) is 5.82 Å². The zero-order chi connectivity index (χ0) is 10.8. The van der Waals surface area contributed by atoms with Crippen LogP contribution in [-0.4, -0.2) is 11.9 Å². The number of hydrogen-bond acceptors (Lipinski definition) is 1. The Bertz CT molecular complexity index is 394. The van der Waals surface area contributed by atoms with Crippen LogP contribution in [0.4, 0.5) is 4.39 Å². The zero-order valence-corrected chi connectivity index (χ0v) is 9.68. The predicted octanol–water partition coefficient (Wildman–Crippen LogP) is 2.41. The van der Waals surface area contributed by atoms with E-state index in [4.69, 9.17) is 0 Å². The van der Waals surface area contributed by atoms with E-state index in [-0.39, 0.29) is 17.8 Å². The second kappa shape index (κ2) is 4.31. The first kappa shape index (κ1) is 10.6. The smallest absolute Gasteiger partial charge is 0.220 e. The molecule has 0 bridgehead atoms. The van der Waals surface area contributed by atoms with Crippen molar-refractivity contribution in [3.63, 3.8) is 0 Å². The van der Waals surface area contributed by atoms with E-state index in [0.29, 0.717) is 6.42 Å². The normalized spacial score (nSPS) is 20.4. The first-order chi connectivity index (χ1) is 7.15. The van der Waals surface area contributed by atoms with Crippen molar-refractivity contribution >= 4 is 21.8 Å². The molecule has 0 spiro atoms. The van der Waals surface area contributed by atoms with Gasteiger partial charge in [0, 0.05) is 16.9 Å². The standard InChI is InChI=1S/C11H11BrFNO/c12-10-6-8(13)2-1-7(10)5-9-3-4-11(15)14-9/h1-2,6,9H,3-5H2,(H,14,15). The molecule has 1 amide bonds. The van der Waals surface area contributed by atoms with Crippen LogP contribution in [-0.2, 0) is 11.2 Å². The van der Waals surface area contributed by atoms with E-state index in [9.17, 15) is 9.18 Å². The quantitative estimate of drug-likeness (QED) is 0.880. The van der Waals surface area contributed by atoms with Crippen LogP contribution in [0.3, 0.4) is 0 Å². The molecule has 1 aliphatic rings. The average molecular weight is 272 g/mol. The van der Waals surface area contributed by atoms with Gasteiger partial charge in [-0.1, -0.05) is 22.0 Å². The third-order valence-electron chi connectivity index (χ3n) is 2.57. The second-order valence-corrected chi connectivity index (χ2v) is 4.60. The molecule has 1 fully saturated rings. The van der Waals surface area contributed by atoms with Crippen molar-refractivity contribution < 1.29 is 9.18 Å². The average Bonchev–Trinajstić information content (AvgIpc) is 2.56. The molecule has 1 unspecified atom stereocenters. The van der Waals surface area contributed by atoms with Gasteiger partial charge in [-0.15, -0.1) is 0 Å². The van der Waals surface area contributed by atoms with E-state index >= 15 is 0 Å². The summed E-state index contributed by atoms with van der Waals surface area (Å²) in [5, 5.41) is 2.89. The van der Waals surface area contributed by atoms with Crippen LogP contribution < -0.4 is 5.32 Å². The van der Waals surface area contributed by atoms with E-state index in [2.05, 4.69) is 21.2 Å². The minimum atomic E-state index is -0.249. The van der Waals surface area contributed by atoms with Crippen LogP contribution in [0, 0.1) is 5.82 Å². The van der Waals surface area contributed by atoms with E-state index < -0.39 is 0 Å². The molecule has 15 heavy (non-hydrogen) atoms. The van der Waals surface area contributed by atoms with Crippen molar-refractivity contribution in [3.8, 4) is 0 Å². The maximum absolute atomic E-state index is 12.8. The van der Waals surface area contributed by atoms with Gasteiger partial charge in [0.15, 0.2) is 0 Å². The lowest BCUT2D eigenvalue weighted by molar-refractivity contribution is -0.119. The SMILES string of the molecule is O=C1CCC(Cc2ccc(F)cc2Br)N1. The highest BCUT2D eigenvalue weighted by molar-refractivity contribution is 9.10. The van der Waals surface area contributed by atoms with Crippen LogP contribution in [0.5, 0.6) is 0 Å². The molecule has 1 heterocycles. The van der Waals surface area contributed by atoms with Crippen LogP contribution in [0.1, 0.15) is 18.4 Å². The maximum atomic E-state index is 12.8. The summed E-state index contributed by atoms with van der Waals surface area (Å²) in [5.74, 6) is -0.140. The predicted molar refractivity (Wildman–Crippen MR) is 59.0 cm³/mol. The fourth-order valence-electron chi connectivity index (χ4n) is 1.78. The molecule has 1 atom stereocenters. The van der Waals surface area contributed by atoms with Gasteiger partial charge in [0.2, 0.25) is 5.91 Å². The van der Waals surface area contributed by atoms with E-state index in [1.165, 1.54) is 12.1 Å². The van der Waals surface area contributed by atoms with Crippen LogP contribution >= 0.6 is 15.9 Å². The van der Waals surface area contributed by atoms with Crippen molar-refractivity contribution in [2.75, 3.05) is 0 Å². The molecule has 1 aromatic carbocycles. The Labute approximate surface area is 96.0 Å². The summed E-state index contributed by atoms with van der Waals surface area (Å²) in [7, 11) is 0. The number of hydrogen-bond donors (Lipinski definition) is 1. The summed E-state index contributed by atoms with van der Waals surface area (Å²) in [6, 6.07) is 4.84. The fraction of sp³-hybridized carbons (Fsp3) is 0.364. The largest absolute Gasteiger partial charge is 0.353 e. The number of nitrogens with one attached hydrogen (secondary N) is 1. The molecule has 4 heteroatoms. The van der Waals surface area contributed by atoms with Crippen molar-refractivity contribution in [2.45, 2.75) is 25.3 Å². The van der Waals surface area contributed by atoms with Gasteiger partial charge in [0.05, 0.1) is 0 Å². The van der Waals surface area contributed by atoms with Gasteiger partial charge >= 0.3 is 0 Å². The lowest BCUT2D eigenvalue weighted by Gasteiger charge is -2.11. The van der Waals surface area contributed by atoms with Gasteiger partial charge in [0.25, 0.3) is 0 Å². The summed E-state index contributed by atoms with van der Waals surface area (Å²) in [6.07, 6.45) is 2.22. The number of amides is 1. The van der Waals surface area contributed by atoms with Crippen LogP contribution in [0.15, 0.2) is 22.7 Å². The summed E-state index contributed by atoms with van der Waals surface area (Å²) in [5.41, 5.74) is 1.03. The number of rotatable bonds is 2. The number of carbonyl (C=O) groups excluding carboxylic acids is 1. The molecule has 1 N–H and O–H groups in total. The van der Waals surface area contributed by atoms with Crippen molar-refractivity contribution in [1.29, 1.82) is 0 Å². The Morgan fingerprint density at radius 1 is 1.53 bits per heavy atom. The monoisotopic (exact) mass is 271 g/mol. The number of benzene rings is 1. The lowest BCUT2D eigenvalue weighted by Crippen LogP contribution is -2.27. The Balaban J connectivity index is 2.07. The van der Waals surface area contributed by atoms with Gasteiger partial charge in [-0.25, -0.2) is 4.39 Å². The topological polar surface area (TPSA) is 29.1 Å². The van der Waals surface area contributed by atoms with E-state index in [0.717, 1.165) is 22.9 Å². The summed E-state index contributed by atoms with van der Waals surface area (Å²) in [6.45, 7) is 0. The summed E-state index contributed by atoms with van der Waals surface area (Å²) >= 11 is 3.32. The third-order valence-corrected chi connectivity index (χ3v) is 3.30. The minimum Gasteiger partial charge on any atom is -0.353 e. The van der Waals surface area contributed by atoms with Crippen LogP contribution in [0.25, 0.3) is 0 Å². The molecule has 0 aromatic heterocycles. The van der Waals surface area contributed by atoms with Crippen LogP contribution in [0.2, 0.25) is 0 Å². The highest BCUT2D eigenvalue weighted by Crippen LogP contribution is 2.21. The molecule has 0 radical (unpaired) electrons. The van der Waals surface area contributed by atoms with Gasteiger partial charge in [-0.3, -0.25) is 4.79 Å². The van der Waals surface area contributed by atoms with Crippen molar-refractivity contribution in [3.05, 3.63) is 34.1 Å². The highest BCUT2D eigenvalue weighted by atomic mass is 79.9. The first-order valence-corrected chi connectivity index (χ1v) is 5.68. The lowest BCUT2D eigenvalue weighted by atomic mass is 10.0. The number of halogens is 2. The molecule has 0 saturated carbocycles. The summed E-state index contributed by atoms with van der Waals surface area (Å²) < 4.78 is 13.6. The molecular formula is C11H11BrFNO. The molecule has 2 nitrogen and oxygen atoms in total. The molecule has 1 aromatic rings. The molecular weight excluding hydrogens is 261 g/mol. The molecule has 1 aliphatic heterocycles. The highest BCUT2D eigenvalue weighted by Gasteiger charge is 2.21. The number of carbonyl (C=O) groups is 1. The Hall–Kier alpha value is -0.900. The molecule has 2 rings (SSSR count). The minimum absolute atomic E-state index is 0.109. The summed E-state index contributed by atoms with van der Waals surface area (Å²) in [4.78, 5) is 11.0. The van der Waals surface area contributed by atoms with Gasteiger partial charge in [-0.2, -0.15) is 0 Å². The Morgan fingerprint density at radius 2 is 2.33 bits per heavy atom. The second-order valence-electron chi connectivity index (χ2n) is 3.74. The Kier molecular flexibility index (Phi) is 3.05. The van der Waals surface area contributed by atoms with Crippen molar-refractivity contribution in [1.82, 2.24) is 5.32 Å². The molecule has 0 aliphatic carbocycles. The van der Waals surface area contributed by atoms with E-state index in [1.807, 2.05) is 0 Å². The molecule has 80 valence electrons. The molecule has 1 saturated heterocycles. The van der Waals surface area contributed by atoms with E-state index in [1.54, 1.807) is 6.07 Å².